The molecule has 1 saturated heterocycles. The predicted octanol–water partition coefficient (Wildman–Crippen LogP) is 2.03. The van der Waals surface area contributed by atoms with Gasteiger partial charge < -0.3 is 31.3 Å². The summed E-state index contributed by atoms with van der Waals surface area (Å²) in [6.45, 7) is 5.65. The van der Waals surface area contributed by atoms with Crippen LogP contribution in [0.5, 0.6) is 0 Å². The van der Waals surface area contributed by atoms with E-state index in [0.29, 0.717) is 0 Å². The molecule has 0 bridgehead atoms. The van der Waals surface area contributed by atoms with Gasteiger partial charge in [-0.3, -0.25) is 19.2 Å². The Morgan fingerprint density at radius 2 is 1.65 bits per heavy atom. The summed E-state index contributed by atoms with van der Waals surface area (Å²) >= 11 is 0. The topological polar surface area (TPSA) is 157 Å². The number of likely N-dealkylation sites (N-methyl/N-ethyl adjacent to an activating group) is 1. The van der Waals surface area contributed by atoms with E-state index in [4.69, 9.17) is 5.11 Å². The Kier molecular flexibility index (Phi) is 9.85. The first-order valence-electron chi connectivity index (χ1n) is 14.7. The smallest absolute Gasteiger partial charge is 0.335 e. The van der Waals surface area contributed by atoms with Crippen LogP contribution in [-0.4, -0.2) is 77.9 Å². The summed E-state index contributed by atoms with van der Waals surface area (Å²) in [6.07, 6.45) is 2.84. The first-order chi connectivity index (χ1) is 20.4. The molecule has 0 spiro atoms. The number of carbonyl (C=O) groups is 5. The summed E-state index contributed by atoms with van der Waals surface area (Å²) in [5.74, 6) is -2.59. The van der Waals surface area contributed by atoms with Crippen molar-refractivity contribution in [2.75, 3.05) is 20.1 Å². The molecule has 1 heterocycles. The standard InChI is InChI=1S/C32H41N5O6/c1-32(2,3)27(36-26(38)17-33-4)30(41)37-18-22(34-28(39)20-12-14-21(15-13-20)31(42)43)16-25(37)29(40)35-24-11-7-9-19-8-5-6-10-23(19)24/h5-6,8,10,12-15,22,24-25,27,33H,7,9,11,16-18H2,1-4H3,(H,34,39)(H,35,40)(H,36,38)(H,42,43)/t22-,24?,25?,27?/m0/s1. The summed E-state index contributed by atoms with van der Waals surface area (Å²) < 4.78 is 0. The quantitative estimate of drug-likeness (QED) is 0.299. The van der Waals surface area contributed by atoms with Crippen molar-refractivity contribution in [3.05, 3.63) is 70.8 Å². The van der Waals surface area contributed by atoms with Crippen molar-refractivity contribution in [1.29, 1.82) is 0 Å². The molecule has 1 aliphatic carbocycles. The summed E-state index contributed by atoms with van der Waals surface area (Å²) in [7, 11) is 1.64. The first kappa shape index (κ1) is 31.7. The number of nitrogens with zero attached hydrogens (tertiary/aromatic N) is 1. The van der Waals surface area contributed by atoms with Gasteiger partial charge in [-0.05, 0) is 73.5 Å². The Morgan fingerprint density at radius 1 is 0.977 bits per heavy atom. The van der Waals surface area contributed by atoms with Gasteiger partial charge in [-0.1, -0.05) is 45.0 Å². The molecule has 2 aromatic carbocycles. The number of aromatic carboxylic acids is 1. The van der Waals surface area contributed by atoms with Gasteiger partial charge in [-0.15, -0.1) is 0 Å². The maximum Gasteiger partial charge on any atom is 0.335 e. The number of fused-ring (bicyclic) bond motifs is 1. The first-order valence-corrected chi connectivity index (χ1v) is 14.7. The monoisotopic (exact) mass is 591 g/mol. The molecule has 4 rings (SSSR count). The van der Waals surface area contributed by atoms with Gasteiger partial charge in [0.2, 0.25) is 17.7 Å². The third-order valence-corrected chi connectivity index (χ3v) is 8.06. The Hall–Kier alpha value is -4.25. The fourth-order valence-corrected chi connectivity index (χ4v) is 5.82. The molecule has 11 nitrogen and oxygen atoms in total. The molecule has 4 atom stereocenters. The SMILES string of the molecule is CNCC(=O)NC(C(=O)N1C[C@@H](NC(=O)c2ccc(C(=O)O)cc2)CC1C(=O)NC1CCCc2ccccc21)C(C)(C)C. The van der Waals surface area contributed by atoms with E-state index in [0.717, 1.165) is 24.8 Å². The van der Waals surface area contributed by atoms with Crippen LogP contribution in [0.2, 0.25) is 0 Å². The molecule has 2 aliphatic rings. The van der Waals surface area contributed by atoms with Crippen LogP contribution in [0, 0.1) is 5.41 Å². The Bertz CT molecular complexity index is 1370. The van der Waals surface area contributed by atoms with Crippen molar-refractivity contribution in [2.24, 2.45) is 5.41 Å². The lowest BCUT2D eigenvalue weighted by Gasteiger charge is -2.36. The van der Waals surface area contributed by atoms with Crippen molar-refractivity contribution in [3.8, 4) is 0 Å². The number of benzene rings is 2. The van der Waals surface area contributed by atoms with Gasteiger partial charge in [0.15, 0.2) is 0 Å². The van der Waals surface area contributed by atoms with E-state index in [1.165, 1.54) is 34.7 Å². The third kappa shape index (κ3) is 7.59. The number of likely N-dealkylation sites (tertiary alicyclic amines) is 1. The normalized spacial score (nSPS) is 20.5. The van der Waals surface area contributed by atoms with E-state index in [2.05, 4.69) is 27.3 Å². The molecule has 1 fully saturated rings. The lowest BCUT2D eigenvalue weighted by Crippen LogP contribution is -2.58. The van der Waals surface area contributed by atoms with Crippen LogP contribution in [0.3, 0.4) is 0 Å². The maximum atomic E-state index is 14.1. The lowest BCUT2D eigenvalue weighted by atomic mass is 9.85. The largest absolute Gasteiger partial charge is 0.478 e. The molecule has 5 N–H and O–H groups in total. The molecule has 1 aliphatic heterocycles. The van der Waals surface area contributed by atoms with E-state index in [-0.39, 0.29) is 48.5 Å². The van der Waals surface area contributed by atoms with Crippen LogP contribution in [0.15, 0.2) is 48.5 Å². The number of carboxylic acid groups (broad SMARTS) is 1. The van der Waals surface area contributed by atoms with E-state index in [1.54, 1.807) is 7.05 Å². The number of nitrogens with one attached hydrogen (secondary N) is 4. The van der Waals surface area contributed by atoms with Gasteiger partial charge in [0.1, 0.15) is 12.1 Å². The minimum atomic E-state index is -1.10. The zero-order valence-corrected chi connectivity index (χ0v) is 25.1. The summed E-state index contributed by atoms with van der Waals surface area (Å²) in [6, 6.07) is 11.1. The van der Waals surface area contributed by atoms with Gasteiger partial charge in [-0.2, -0.15) is 0 Å². The number of hydrogen-bond donors (Lipinski definition) is 5. The minimum absolute atomic E-state index is 0.0320. The van der Waals surface area contributed by atoms with Crippen LogP contribution in [0.25, 0.3) is 0 Å². The number of carbonyl (C=O) groups excluding carboxylic acids is 4. The predicted molar refractivity (Wildman–Crippen MR) is 160 cm³/mol. The molecule has 0 saturated carbocycles. The van der Waals surface area contributed by atoms with Crippen molar-refractivity contribution >= 4 is 29.6 Å². The minimum Gasteiger partial charge on any atom is -0.478 e. The van der Waals surface area contributed by atoms with Gasteiger partial charge in [0, 0.05) is 18.2 Å². The Morgan fingerprint density at radius 3 is 2.30 bits per heavy atom. The number of rotatable bonds is 9. The van der Waals surface area contributed by atoms with Crippen LogP contribution < -0.4 is 21.3 Å². The van der Waals surface area contributed by atoms with E-state index >= 15 is 0 Å². The van der Waals surface area contributed by atoms with Crippen molar-refractivity contribution in [2.45, 2.75) is 70.6 Å². The highest BCUT2D eigenvalue weighted by Gasteiger charge is 2.45. The van der Waals surface area contributed by atoms with Crippen LogP contribution in [-0.2, 0) is 20.8 Å². The molecule has 43 heavy (non-hydrogen) atoms. The molecular weight excluding hydrogens is 550 g/mol. The highest BCUT2D eigenvalue weighted by atomic mass is 16.4. The molecule has 4 amide bonds. The van der Waals surface area contributed by atoms with Crippen LogP contribution in [0.4, 0.5) is 0 Å². The van der Waals surface area contributed by atoms with E-state index in [9.17, 15) is 24.0 Å². The zero-order valence-electron chi connectivity index (χ0n) is 25.1. The van der Waals surface area contributed by atoms with Crippen molar-refractivity contribution in [1.82, 2.24) is 26.2 Å². The summed E-state index contributed by atoms with van der Waals surface area (Å²) in [5, 5.41) is 20.8. The average Bonchev–Trinajstić information content (AvgIpc) is 3.39. The zero-order chi connectivity index (χ0) is 31.3. The summed E-state index contributed by atoms with van der Waals surface area (Å²) in [5.41, 5.74) is 1.93. The second-order valence-corrected chi connectivity index (χ2v) is 12.3. The third-order valence-electron chi connectivity index (χ3n) is 8.06. The molecule has 11 heteroatoms. The molecule has 0 aromatic heterocycles. The molecule has 230 valence electrons. The number of hydrogen-bond acceptors (Lipinski definition) is 6. The second-order valence-electron chi connectivity index (χ2n) is 12.3. The molecule has 0 radical (unpaired) electrons. The number of amides is 4. The van der Waals surface area contributed by atoms with Gasteiger partial charge >= 0.3 is 5.97 Å². The van der Waals surface area contributed by atoms with Crippen molar-refractivity contribution in [3.63, 3.8) is 0 Å². The number of aryl methyl sites for hydroxylation is 1. The summed E-state index contributed by atoms with van der Waals surface area (Å²) in [4.78, 5) is 66.2. The molecule has 3 unspecified atom stereocenters. The van der Waals surface area contributed by atoms with Gasteiger partial charge in [0.25, 0.3) is 5.91 Å². The average molecular weight is 592 g/mol. The number of carboxylic acids is 1. The van der Waals surface area contributed by atoms with Crippen LogP contribution in [0.1, 0.15) is 77.9 Å². The fourth-order valence-electron chi connectivity index (χ4n) is 5.82. The van der Waals surface area contributed by atoms with Gasteiger partial charge in [0.05, 0.1) is 18.2 Å². The van der Waals surface area contributed by atoms with Crippen LogP contribution >= 0.6 is 0 Å². The Labute approximate surface area is 251 Å². The van der Waals surface area contributed by atoms with Gasteiger partial charge in [-0.25, -0.2) is 4.79 Å². The van der Waals surface area contributed by atoms with Crippen molar-refractivity contribution < 1.29 is 29.1 Å². The lowest BCUT2D eigenvalue weighted by molar-refractivity contribution is -0.144. The highest BCUT2D eigenvalue weighted by molar-refractivity contribution is 5.97. The maximum absolute atomic E-state index is 14.1. The fraction of sp³-hybridized carbons (Fsp3) is 0.469. The molecule has 2 aromatic rings. The highest BCUT2D eigenvalue weighted by Crippen LogP contribution is 2.31. The Balaban J connectivity index is 1.57. The second kappa shape index (κ2) is 13.4. The van der Waals surface area contributed by atoms with E-state index < -0.39 is 41.3 Å². The molecular formula is C32H41N5O6. The van der Waals surface area contributed by atoms with E-state index in [1.807, 2.05) is 39.0 Å².